The Morgan fingerprint density at radius 1 is 1.58 bits per heavy atom. The van der Waals surface area contributed by atoms with E-state index in [0.717, 1.165) is 38.0 Å². The number of hydrogen-bond donors (Lipinski definition) is 1. The van der Waals surface area contributed by atoms with Crippen molar-refractivity contribution in [2.45, 2.75) is 45.1 Å². The number of carbonyl (C=O) groups is 1. The van der Waals surface area contributed by atoms with Gasteiger partial charge in [-0.15, -0.1) is 0 Å². The number of likely N-dealkylation sites (N-methyl/N-ethyl adjacent to an activating group) is 1. The third-order valence-corrected chi connectivity index (χ3v) is 4.05. The molecule has 106 valence electrons. The van der Waals surface area contributed by atoms with Gasteiger partial charge in [0.25, 0.3) is 5.91 Å². The Morgan fingerprint density at radius 2 is 2.32 bits per heavy atom. The van der Waals surface area contributed by atoms with Crippen molar-refractivity contribution in [2.75, 3.05) is 20.1 Å². The summed E-state index contributed by atoms with van der Waals surface area (Å²) in [6, 6.07) is 2.06. The Hall–Kier alpha value is -1.36. The molecule has 19 heavy (non-hydrogen) atoms. The maximum atomic E-state index is 12.3. The Morgan fingerprint density at radius 3 is 2.89 bits per heavy atom. The quantitative estimate of drug-likeness (QED) is 0.884. The van der Waals surface area contributed by atoms with Crippen LogP contribution in [-0.2, 0) is 0 Å². The van der Waals surface area contributed by atoms with Crippen LogP contribution in [0.3, 0.4) is 0 Å². The molecule has 1 amide bonds. The highest BCUT2D eigenvalue weighted by molar-refractivity contribution is 5.91. The molecule has 1 aliphatic rings. The second-order valence-electron chi connectivity index (χ2n) is 5.19. The van der Waals surface area contributed by atoms with E-state index in [4.69, 9.17) is 4.52 Å². The molecule has 5 heteroatoms. The van der Waals surface area contributed by atoms with Gasteiger partial charge >= 0.3 is 0 Å². The minimum absolute atomic E-state index is 0.0709. The van der Waals surface area contributed by atoms with Gasteiger partial charge in [-0.2, -0.15) is 0 Å². The number of nitrogens with one attached hydrogen (secondary N) is 1. The summed E-state index contributed by atoms with van der Waals surface area (Å²) in [5.41, 5.74) is 0.895. The predicted octanol–water partition coefficient (Wildman–Crippen LogP) is 2.01. The largest absolute Gasteiger partial charge is 0.351 e. The van der Waals surface area contributed by atoms with Crippen molar-refractivity contribution in [3.8, 4) is 0 Å². The minimum atomic E-state index is -0.0709. The molecule has 0 aliphatic carbocycles. The summed E-state index contributed by atoms with van der Waals surface area (Å²) in [6.45, 7) is 6.08. The summed E-state index contributed by atoms with van der Waals surface area (Å²) in [7, 11) is 1.83. The van der Waals surface area contributed by atoms with Gasteiger partial charge in [0.1, 0.15) is 0 Å². The first-order valence-electron chi connectivity index (χ1n) is 7.11. The van der Waals surface area contributed by atoms with Gasteiger partial charge in [-0.25, -0.2) is 0 Å². The Bertz CT molecular complexity index is 420. The van der Waals surface area contributed by atoms with E-state index >= 15 is 0 Å². The standard InChI is InChI=1S/C14H23N3O2/c1-4-10(5-2)12-8-13(19-16-12)14(18)17(3)11-6-7-15-9-11/h8,10-11,15H,4-7,9H2,1-3H3. The highest BCUT2D eigenvalue weighted by atomic mass is 16.5. The molecule has 2 rings (SSSR count). The van der Waals surface area contributed by atoms with Crippen molar-refractivity contribution in [3.63, 3.8) is 0 Å². The van der Waals surface area contributed by atoms with Gasteiger partial charge in [0.15, 0.2) is 0 Å². The number of nitrogens with zero attached hydrogens (tertiary/aromatic N) is 2. The predicted molar refractivity (Wildman–Crippen MR) is 73.2 cm³/mol. The third-order valence-electron chi connectivity index (χ3n) is 4.05. The second kappa shape index (κ2) is 6.19. The molecular weight excluding hydrogens is 242 g/mol. The Kier molecular flexibility index (Phi) is 4.58. The molecule has 0 bridgehead atoms. The van der Waals surface area contributed by atoms with Crippen LogP contribution in [0.15, 0.2) is 10.6 Å². The minimum Gasteiger partial charge on any atom is -0.351 e. The lowest BCUT2D eigenvalue weighted by molar-refractivity contribution is 0.0701. The van der Waals surface area contributed by atoms with Gasteiger partial charge in [0, 0.05) is 31.6 Å². The highest BCUT2D eigenvalue weighted by Crippen LogP contribution is 2.23. The molecule has 1 N–H and O–H groups in total. The van der Waals surface area contributed by atoms with Gasteiger partial charge in [0.05, 0.1) is 5.69 Å². The maximum Gasteiger partial charge on any atom is 0.292 e. The van der Waals surface area contributed by atoms with Crippen molar-refractivity contribution in [2.24, 2.45) is 0 Å². The molecule has 2 heterocycles. The second-order valence-corrected chi connectivity index (χ2v) is 5.19. The lowest BCUT2D eigenvalue weighted by Gasteiger charge is -2.22. The van der Waals surface area contributed by atoms with Crippen molar-refractivity contribution in [1.82, 2.24) is 15.4 Å². The van der Waals surface area contributed by atoms with E-state index in [1.807, 2.05) is 7.05 Å². The lowest BCUT2D eigenvalue weighted by Crippen LogP contribution is -2.38. The van der Waals surface area contributed by atoms with Crippen LogP contribution >= 0.6 is 0 Å². The maximum absolute atomic E-state index is 12.3. The Balaban J connectivity index is 2.06. The summed E-state index contributed by atoms with van der Waals surface area (Å²) in [4.78, 5) is 14.1. The zero-order valence-corrected chi connectivity index (χ0v) is 12.0. The van der Waals surface area contributed by atoms with E-state index < -0.39 is 0 Å². The van der Waals surface area contributed by atoms with Gasteiger partial charge in [-0.1, -0.05) is 19.0 Å². The molecule has 1 aromatic heterocycles. The summed E-state index contributed by atoms with van der Waals surface area (Å²) < 4.78 is 5.23. The monoisotopic (exact) mass is 265 g/mol. The van der Waals surface area contributed by atoms with E-state index in [1.54, 1.807) is 11.0 Å². The fraction of sp³-hybridized carbons (Fsp3) is 0.714. The molecular formula is C14H23N3O2. The summed E-state index contributed by atoms with van der Waals surface area (Å²) in [5, 5.41) is 7.31. The number of amides is 1. The molecule has 1 aromatic rings. The number of rotatable bonds is 5. The van der Waals surface area contributed by atoms with E-state index in [-0.39, 0.29) is 11.9 Å². The van der Waals surface area contributed by atoms with Crippen LogP contribution < -0.4 is 5.32 Å². The van der Waals surface area contributed by atoms with Gasteiger partial charge in [0.2, 0.25) is 5.76 Å². The van der Waals surface area contributed by atoms with Crippen LogP contribution in [0.1, 0.15) is 55.3 Å². The van der Waals surface area contributed by atoms with E-state index in [2.05, 4.69) is 24.3 Å². The number of hydrogen-bond acceptors (Lipinski definition) is 4. The van der Waals surface area contributed by atoms with E-state index in [0.29, 0.717) is 11.7 Å². The van der Waals surface area contributed by atoms with E-state index in [1.165, 1.54) is 0 Å². The first kappa shape index (κ1) is 14.1. The first-order valence-corrected chi connectivity index (χ1v) is 7.11. The first-order chi connectivity index (χ1) is 9.17. The average Bonchev–Trinajstić information content (AvgIpc) is 3.10. The third kappa shape index (κ3) is 2.97. The van der Waals surface area contributed by atoms with Crippen LogP contribution in [0.25, 0.3) is 0 Å². The summed E-state index contributed by atoms with van der Waals surface area (Å²) >= 11 is 0. The lowest BCUT2D eigenvalue weighted by atomic mass is 9.99. The van der Waals surface area contributed by atoms with Gasteiger partial charge in [-0.3, -0.25) is 4.79 Å². The van der Waals surface area contributed by atoms with Crippen LogP contribution in [0, 0.1) is 0 Å². The fourth-order valence-electron chi connectivity index (χ4n) is 2.60. The smallest absolute Gasteiger partial charge is 0.292 e. The zero-order valence-electron chi connectivity index (χ0n) is 12.0. The van der Waals surface area contributed by atoms with Gasteiger partial charge < -0.3 is 14.7 Å². The molecule has 5 nitrogen and oxygen atoms in total. The number of aromatic nitrogens is 1. The SMILES string of the molecule is CCC(CC)c1cc(C(=O)N(C)C2CCNC2)on1. The van der Waals surface area contributed by atoms with Crippen molar-refractivity contribution in [3.05, 3.63) is 17.5 Å². The topological polar surface area (TPSA) is 58.4 Å². The molecule has 1 atom stereocenters. The molecule has 1 aliphatic heterocycles. The van der Waals surface area contributed by atoms with Gasteiger partial charge in [-0.05, 0) is 25.8 Å². The molecule has 0 saturated carbocycles. The zero-order chi connectivity index (χ0) is 13.8. The molecule has 1 saturated heterocycles. The van der Waals surface area contributed by atoms with Crippen LogP contribution in [-0.4, -0.2) is 42.1 Å². The molecule has 1 unspecified atom stereocenters. The normalized spacial score (nSPS) is 19.1. The van der Waals surface area contributed by atoms with Crippen LogP contribution in [0.2, 0.25) is 0 Å². The average molecular weight is 265 g/mol. The molecule has 1 fully saturated rings. The summed E-state index contributed by atoms with van der Waals surface area (Å²) in [5.74, 6) is 0.665. The van der Waals surface area contributed by atoms with Crippen LogP contribution in [0.4, 0.5) is 0 Å². The van der Waals surface area contributed by atoms with Crippen LogP contribution in [0.5, 0.6) is 0 Å². The molecule has 0 radical (unpaired) electrons. The molecule has 0 aromatic carbocycles. The van der Waals surface area contributed by atoms with E-state index in [9.17, 15) is 4.79 Å². The number of carbonyl (C=O) groups excluding carboxylic acids is 1. The van der Waals surface area contributed by atoms with Crippen molar-refractivity contribution in [1.29, 1.82) is 0 Å². The summed E-state index contributed by atoms with van der Waals surface area (Å²) in [6.07, 6.45) is 3.02. The molecule has 0 spiro atoms. The highest BCUT2D eigenvalue weighted by Gasteiger charge is 2.27. The van der Waals surface area contributed by atoms with Crippen molar-refractivity contribution >= 4 is 5.91 Å². The fourth-order valence-corrected chi connectivity index (χ4v) is 2.60. The Labute approximate surface area is 114 Å². The van der Waals surface area contributed by atoms with Crippen molar-refractivity contribution < 1.29 is 9.32 Å².